The summed E-state index contributed by atoms with van der Waals surface area (Å²) in [7, 11) is 0. The van der Waals surface area contributed by atoms with Crippen LogP contribution in [-0.2, 0) is 0 Å². The third-order valence-corrected chi connectivity index (χ3v) is 2.65. The number of hydrogen-bond acceptors (Lipinski definition) is 1. The number of quaternary nitrogens is 1. The molecular weight excluding hydrogens is 198 g/mol. The van der Waals surface area contributed by atoms with Crippen LogP contribution in [0.2, 0.25) is 0 Å². The molecular formula is C13H19N3+2. The van der Waals surface area contributed by atoms with Gasteiger partial charge in [-0.2, -0.15) is 0 Å². The SMILES string of the molecule is Cc1ccc2[nH+]c(C)cc(NCC[NH3+])c2c1. The molecule has 0 unspecified atom stereocenters. The Morgan fingerprint density at radius 2 is 2.06 bits per heavy atom. The van der Waals surface area contributed by atoms with Gasteiger partial charge in [0, 0.05) is 19.1 Å². The zero-order valence-electron chi connectivity index (χ0n) is 9.93. The van der Waals surface area contributed by atoms with Crippen molar-refractivity contribution in [1.82, 2.24) is 0 Å². The zero-order valence-corrected chi connectivity index (χ0v) is 9.93. The van der Waals surface area contributed by atoms with Crippen LogP contribution in [0.5, 0.6) is 0 Å². The van der Waals surface area contributed by atoms with Gasteiger partial charge in [-0.3, -0.25) is 0 Å². The lowest BCUT2D eigenvalue weighted by molar-refractivity contribution is -0.363. The molecule has 3 nitrogen and oxygen atoms in total. The second kappa shape index (κ2) is 4.49. The molecule has 0 amide bonds. The standard InChI is InChI=1S/C13H17N3/c1-9-3-4-12-11(7-9)13(15-6-5-14)8-10(2)16-12/h3-4,7-8H,5-6,14H2,1-2H3,(H,15,16)/p+2. The van der Waals surface area contributed by atoms with E-state index in [9.17, 15) is 0 Å². The van der Waals surface area contributed by atoms with Crippen LogP contribution < -0.4 is 16.0 Å². The lowest BCUT2D eigenvalue weighted by Gasteiger charge is -2.06. The number of pyridine rings is 1. The van der Waals surface area contributed by atoms with Crippen molar-refractivity contribution in [3.05, 3.63) is 35.5 Å². The van der Waals surface area contributed by atoms with Crippen LogP contribution in [-0.4, -0.2) is 13.1 Å². The Hall–Kier alpha value is -1.61. The maximum absolute atomic E-state index is 3.85. The number of aryl methyl sites for hydroxylation is 2. The summed E-state index contributed by atoms with van der Waals surface area (Å²) in [5, 5.41) is 4.67. The number of rotatable bonds is 3. The van der Waals surface area contributed by atoms with E-state index in [1.54, 1.807) is 0 Å². The highest BCUT2D eigenvalue weighted by Crippen LogP contribution is 2.21. The largest absolute Gasteiger partial charge is 0.379 e. The zero-order chi connectivity index (χ0) is 11.5. The van der Waals surface area contributed by atoms with Crippen molar-refractivity contribution in [2.24, 2.45) is 0 Å². The molecule has 2 rings (SSSR count). The Morgan fingerprint density at radius 3 is 2.81 bits per heavy atom. The van der Waals surface area contributed by atoms with Crippen LogP contribution in [0.15, 0.2) is 24.3 Å². The molecule has 1 aromatic carbocycles. The Kier molecular flexibility index (Phi) is 3.06. The molecule has 0 aliphatic heterocycles. The van der Waals surface area contributed by atoms with Gasteiger partial charge in [0.15, 0.2) is 5.69 Å². The van der Waals surface area contributed by atoms with Crippen molar-refractivity contribution in [2.45, 2.75) is 13.8 Å². The molecule has 0 spiro atoms. The second-order valence-corrected chi connectivity index (χ2v) is 4.20. The van der Waals surface area contributed by atoms with Gasteiger partial charge in [-0.1, -0.05) is 6.07 Å². The van der Waals surface area contributed by atoms with Crippen molar-refractivity contribution < 1.29 is 10.7 Å². The maximum atomic E-state index is 3.85. The summed E-state index contributed by atoms with van der Waals surface area (Å²) >= 11 is 0. The average molecular weight is 217 g/mol. The molecule has 0 bridgehead atoms. The molecule has 16 heavy (non-hydrogen) atoms. The van der Waals surface area contributed by atoms with Gasteiger partial charge in [0.25, 0.3) is 0 Å². The number of fused-ring (bicyclic) bond motifs is 1. The molecule has 2 aromatic rings. The second-order valence-electron chi connectivity index (χ2n) is 4.20. The van der Waals surface area contributed by atoms with E-state index in [2.05, 4.69) is 54.1 Å². The van der Waals surface area contributed by atoms with Crippen LogP contribution in [0.3, 0.4) is 0 Å². The van der Waals surface area contributed by atoms with E-state index < -0.39 is 0 Å². The smallest absolute Gasteiger partial charge is 0.213 e. The summed E-state index contributed by atoms with van der Waals surface area (Å²) in [6.45, 7) is 6.00. The highest BCUT2D eigenvalue weighted by molar-refractivity contribution is 5.89. The number of hydrogen-bond donors (Lipinski definition) is 2. The Bertz CT molecular complexity index is 506. The first kappa shape index (κ1) is 10.9. The summed E-state index contributed by atoms with van der Waals surface area (Å²) in [5.74, 6) is 0. The molecule has 0 aliphatic rings. The molecule has 5 N–H and O–H groups in total. The lowest BCUT2D eigenvalue weighted by Crippen LogP contribution is -2.53. The van der Waals surface area contributed by atoms with E-state index in [0.717, 1.165) is 13.1 Å². The minimum absolute atomic E-state index is 0.894. The molecule has 0 atom stereocenters. The third-order valence-electron chi connectivity index (χ3n) is 2.65. The Morgan fingerprint density at radius 1 is 1.25 bits per heavy atom. The minimum atomic E-state index is 0.894. The molecule has 0 saturated heterocycles. The van der Waals surface area contributed by atoms with Crippen LogP contribution in [0, 0.1) is 13.8 Å². The average Bonchev–Trinajstić information content (AvgIpc) is 2.26. The summed E-state index contributed by atoms with van der Waals surface area (Å²) in [4.78, 5) is 3.38. The molecule has 0 fully saturated rings. The maximum Gasteiger partial charge on any atom is 0.213 e. The van der Waals surface area contributed by atoms with Gasteiger partial charge < -0.3 is 11.1 Å². The van der Waals surface area contributed by atoms with Crippen molar-refractivity contribution >= 4 is 16.6 Å². The third kappa shape index (κ3) is 2.14. The number of H-pyrrole nitrogens is 1. The first-order valence-electron chi connectivity index (χ1n) is 5.67. The van der Waals surface area contributed by atoms with Gasteiger partial charge in [0.05, 0.1) is 24.2 Å². The van der Waals surface area contributed by atoms with E-state index in [-0.39, 0.29) is 0 Å². The first-order valence-corrected chi connectivity index (χ1v) is 5.67. The van der Waals surface area contributed by atoms with E-state index in [1.165, 1.54) is 27.8 Å². The predicted molar refractivity (Wildman–Crippen MR) is 66.2 cm³/mol. The number of anilines is 1. The summed E-state index contributed by atoms with van der Waals surface area (Å²) in [6.07, 6.45) is 0. The number of aromatic amines is 1. The van der Waals surface area contributed by atoms with Crippen molar-refractivity contribution in [2.75, 3.05) is 18.4 Å². The van der Waals surface area contributed by atoms with Gasteiger partial charge >= 0.3 is 0 Å². The fourth-order valence-corrected chi connectivity index (χ4v) is 1.90. The van der Waals surface area contributed by atoms with Crippen molar-refractivity contribution in [3.63, 3.8) is 0 Å². The number of benzene rings is 1. The van der Waals surface area contributed by atoms with Gasteiger partial charge in [-0.15, -0.1) is 0 Å². The number of nitrogens with one attached hydrogen (secondary N) is 2. The Balaban J connectivity index is 2.55. The van der Waals surface area contributed by atoms with Crippen LogP contribution in [0.4, 0.5) is 5.69 Å². The summed E-state index contributed by atoms with van der Waals surface area (Å²) in [5.41, 5.74) is 8.67. The van der Waals surface area contributed by atoms with E-state index in [0.29, 0.717) is 0 Å². The van der Waals surface area contributed by atoms with E-state index in [1.807, 2.05) is 0 Å². The van der Waals surface area contributed by atoms with Crippen molar-refractivity contribution in [3.8, 4) is 0 Å². The summed E-state index contributed by atoms with van der Waals surface area (Å²) in [6, 6.07) is 8.62. The molecule has 3 heteroatoms. The van der Waals surface area contributed by atoms with Gasteiger partial charge in [-0.25, -0.2) is 4.98 Å². The lowest BCUT2D eigenvalue weighted by atomic mass is 10.1. The normalized spacial score (nSPS) is 10.7. The van der Waals surface area contributed by atoms with Crippen molar-refractivity contribution in [1.29, 1.82) is 0 Å². The first-order chi connectivity index (χ1) is 7.70. The highest BCUT2D eigenvalue weighted by atomic mass is 14.9. The highest BCUT2D eigenvalue weighted by Gasteiger charge is 2.08. The van der Waals surface area contributed by atoms with Crippen LogP contribution in [0.1, 0.15) is 11.3 Å². The Labute approximate surface area is 95.7 Å². The van der Waals surface area contributed by atoms with E-state index in [4.69, 9.17) is 0 Å². The molecule has 84 valence electrons. The summed E-state index contributed by atoms with van der Waals surface area (Å²) < 4.78 is 0. The van der Waals surface area contributed by atoms with E-state index >= 15 is 0 Å². The predicted octanol–water partition coefficient (Wildman–Crippen LogP) is 0.925. The molecule has 1 heterocycles. The minimum Gasteiger partial charge on any atom is -0.379 e. The molecule has 0 saturated carbocycles. The fourth-order valence-electron chi connectivity index (χ4n) is 1.90. The monoisotopic (exact) mass is 217 g/mol. The number of aromatic nitrogens is 1. The molecule has 0 radical (unpaired) electrons. The van der Waals surface area contributed by atoms with Gasteiger partial charge in [0.1, 0.15) is 0 Å². The quantitative estimate of drug-likeness (QED) is 0.789. The molecule has 1 aromatic heterocycles. The van der Waals surface area contributed by atoms with Crippen LogP contribution in [0.25, 0.3) is 10.9 Å². The fraction of sp³-hybridized carbons (Fsp3) is 0.308. The topological polar surface area (TPSA) is 53.8 Å². The molecule has 0 aliphatic carbocycles. The van der Waals surface area contributed by atoms with Crippen LogP contribution >= 0.6 is 0 Å². The van der Waals surface area contributed by atoms with Gasteiger partial charge in [-0.05, 0) is 18.6 Å². The van der Waals surface area contributed by atoms with Gasteiger partial charge in [0.2, 0.25) is 5.52 Å².